The van der Waals surface area contributed by atoms with E-state index < -0.39 is 6.61 Å². The lowest BCUT2D eigenvalue weighted by molar-refractivity contribution is -0.0505. The predicted molar refractivity (Wildman–Crippen MR) is 65.9 cm³/mol. The van der Waals surface area contributed by atoms with Gasteiger partial charge in [0.15, 0.2) is 0 Å². The van der Waals surface area contributed by atoms with Crippen LogP contribution >= 0.6 is 0 Å². The first-order valence-electron chi connectivity index (χ1n) is 5.97. The van der Waals surface area contributed by atoms with Gasteiger partial charge >= 0.3 is 6.61 Å². The SMILES string of the molecule is CCOCC(C)NCc1ccccc1OC(F)F. The molecule has 1 N–H and O–H groups in total. The van der Waals surface area contributed by atoms with Gasteiger partial charge in [-0.2, -0.15) is 8.78 Å². The Bertz CT molecular complexity index is 348. The van der Waals surface area contributed by atoms with Gasteiger partial charge in [0.1, 0.15) is 5.75 Å². The highest BCUT2D eigenvalue weighted by atomic mass is 19.3. The molecule has 0 amide bonds. The zero-order valence-electron chi connectivity index (χ0n) is 10.7. The van der Waals surface area contributed by atoms with E-state index in [1.165, 1.54) is 6.07 Å². The van der Waals surface area contributed by atoms with E-state index in [1.807, 2.05) is 13.8 Å². The summed E-state index contributed by atoms with van der Waals surface area (Å²) in [5.74, 6) is 0.212. The van der Waals surface area contributed by atoms with Crippen LogP contribution in [0, 0.1) is 0 Å². The monoisotopic (exact) mass is 259 g/mol. The molecule has 1 unspecified atom stereocenters. The smallest absolute Gasteiger partial charge is 0.387 e. The third kappa shape index (κ3) is 5.42. The first kappa shape index (κ1) is 14.9. The highest BCUT2D eigenvalue weighted by Gasteiger charge is 2.09. The van der Waals surface area contributed by atoms with Crippen LogP contribution in [0.3, 0.4) is 0 Å². The van der Waals surface area contributed by atoms with Crippen LogP contribution in [0.25, 0.3) is 0 Å². The van der Waals surface area contributed by atoms with Crippen molar-refractivity contribution in [2.24, 2.45) is 0 Å². The molecule has 3 nitrogen and oxygen atoms in total. The molecule has 102 valence electrons. The van der Waals surface area contributed by atoms with Crippen LogP contribution in [-0.4, -0.2) is 25.9 Å². The second kappa shape index (κ2) is 8.00. The quantitative estimate of drug-likeness (QED) is 0.778. The summed E-state index contributed by atoms with van der Waals surface area (Å²) in [7, 11) is 0. The molecule has 0 bridgehead atoms. The van der Waals surface area contributed by atoms with Crippen LogP contribution in [0.4, 0.5) is 8.78 Å². The van der Waals surface area contributed by atoms with Crippen molar-refractivity contribution >= 4 is 0 Å². The fourth-order valence-electron chi connectivity index (χ4n) is 1.50. The van der Waals surface area contributed by atoms with Gasteiger partial charge in [-0.25, -0.2) is 0 Å². The predicted octanol–water partition coefficient (Wildman–Crippen LogP) is 2.80. The Morgan fingerprint density at radius 3 is 2.67 bits per heavy atom. The molecule has 0 aliphatic carbocycles. The van der Waals surface area contributed by atoms with E-state index in [4.69, 9.17) is 4.74 Å². The molecule has 0 fully saturated rings. The topological polar surface area (TPSA) is 30.5 Å². The Hall–Kier alpha value is -1.20. The second-order valence-corrected chi connectivity index (χ2v) is 3.93. The lowest BCUT2D eigenvalue weighted by atomic mass is 10.2. The van der Waals surface area contributed by atoms with Gasteiger partial charge < -0.3 is 14.8 Å². The molecular weight excluding hydrogens is 240 g/mol. The van der Waals surface area contributed by atoms with E-state index in [0.717, 1.165) is 0 Å². The Balaban J connectivity index is 2.50. The maximum atomic E-state index is 12.2. The molecule has 0 saturated heterocycles. The van der Waals surface area contributed by atoms with Crippen LogP contribution in [-0.2, 0) is 11.3 Å². The largest absolute Gasteiger partial charge is 0.434 e. The van der Waals surface area contributed by atoms with Crippen molar-refractivity contribution < 1.29 is 18.3 Å². The summed E-state index contributed by atoms with van der Waals surface area (Å²) in [6, 6.07) is 6.92. The third-order valence-corrected chi connectivity index (χ3v) is 2.40. The average molecular weight is 259 g/mol. The summed E-state index contributed by atoms with van der Waals surface area (Å²) in [5.41, 5.74) is 0.709. The Morgan fingerprint density at radius 1 is 1.28 bits per heavy atom. The number of hydrogen-bond acceptors (Lipinski definition) is 3. The van der Waals surface area contributed by atoms with E-state index in [-0.39, 0.29) is 11.8 Å². The van der Waals surface area contributed by atoms with Gasteiger partial charge in [0.25, 0.3) is 0 Å². The molecule has 1 aromatic rings. The molecule has 0 aliphatic heterocycles. The highest BCUT2D eigenvalue weighted by Crippen LogP contribution is 2.20. The number of para-hydroxylation sites is 1. The first-order valence-corrected chi connectivity index (χ1v) is 5.97. The number of halogens is 2. The first-order chi connectivity index (χ1) is 8.63. The van der Waals surface area contributed by atoms with Crippen molar-refractivity contribution in [1.29, 1.82) is 0 Å². The molecular formula is C13H19F2NO2. The van der Waals surface area contributed by atoms with Gasteiger partial charge in [0, 0.05) is 24.8 Å². The molecule has 0 radical (unpaired) electrons. The maximum Gasteiger partial charge on any atom is 0.387 e. The van der Waals surface area contributed by atoms with Crippen molar-refractivity contribution in [3.63, 3.8) is 0 Å². The maximum absolute atomic E-state index is 12.2. The molecule has 0 saturated carbocycles. The van der Waals surface area contributed by atoms with Crippen molar-refractivity contribution in [2.45, 2.75) is 33.0 Å². The normalized spacial score (nSPS) is 12.7. The van der Waals surface area contributed by atoms with Crippen LogP contribution in [0.2, 0.25) is 0 Å². The number of benzene rings is 1. The number of rotatable bonds is 8. The summed E-state index contributed by atoms with van der Waals surface area (Å²) in [6.45, 7) is 2.83. The number of hydrogen-bond donors (Lipinski definition) is 1. The number of nitrogens with one attached hydrogen (secondary N) is 1. The van der Waals surface area contributed by atoms with Gasteiger partial charge in [-0.05, 0) is 19.9 Å². The summed E-state index contributed by atoms with van der Waals surface area (Å²) in [4.78, 5) is 0. The highest BCUT2D eigenvalue weighted by molar-refractivity contribution is 5.33. The van der Waals surface area contributed by atoms with Crippen LogP contribution in [0.1, 0.15) is 19.4 Å². The fraction of sp³-hybridized carbons (Fsp3) is 0.538. The molecule has 0 spiro atoms. The lowest BCUT2D eigenvalue weighted by Gasteiger charge is -2.15. The van der Waals surface area contributed by atoms with Gasteiger partial charge in [-0.1, -0.05) is 18.2 Å². The van der Waals surface area contributed by atoms with Crippen molar-refractivity contribution in [3.05, 3.63) is 29.8 Å². The molecule has 1 rings (SSSR count). The zero-order valence-corrected chi connectivity index (χ0v) is 10.7. The van der Waals surface area contributed by atoms with Gasteiger partial charge in [-0.15, -0.1) is 0 Å². The van der Waals surface area contributed by atoms with E-state index in [2.05, 4.69) is 10.1 Å². The Kier molecular flexibility index (Phi) is 6.60. The minimum atomic E-state index is -2.80. The van der Waals surface area contributed by atoms with Crippen molar-refractivity contribution in [3.8, 4) is 5.75 Å². The molecule has 1 aromatic carbocycles. The summed E-state index contributed by atoms with van der Waals surface area (Å²) in [6.07, 6.45) is 0. The number of ether oxygens (including phenoxy) is 2. The van der Waals surface area contributed by atoms with Gasteiger partial charge in [0.2, 0.25) is 0 Å². The molecule has 1 atom stereocenters. The van der Waals surface area contributed by atoms with Gasteiger partial charge in [-0.3, -0.25) is 0 Å². The summed E-state index contributed by atoms with van der Waals surface area (Å²) in [5, 5.41) is 3.20. The average Bonchev–Trinajstić information content (AvgIpc) is 2.34. The number of alkyl halides is 2. The molecule has 5 heteroatoms. The Labute approximate surface area is 106 Å². The lowest BCUT2D eigenvalue weighted by Crippen LogP contribution is -2.30. The van der Waals surface area contributed by atoms with E-state index in [1.54, 1.807) is 18.2 Å². The zero-order chi connectivity index (χ0) is 13.4. The third-order valence-electron chi connectivity index (χ3n) is 2.40. The van der Waals surface area contributed by atoms with E-state index in [0.29, 0.717) is 25.3 Å². The minimum absolute atomic E-state index is 0.157. The molecule has 0 aliphatic rings. The Morgan fingerprint density at radius 2 is 2.00 bits per heavy atom. The van der Waals surface area contributed by atoms with Crippen molar-refractivity contribution in [1.82, 2.24) is 5.32 Å². The van der Waals surface area contributed by atoms with E-state index in [9.17, 15) is 8.78 Å². The standard InChI is InChI=1S/C13H19F2NO2/c1-3-17-9-10(2)16-8-11-6-4-5-7-12(11)18-13(14)15/h4-7,10,13,16H,3,8-9H2,1-2H3. The molecule has 18 heavy (non-hydrogen) atoms. The van der Waals surface area contributed by atoms with Gasteiger partial charge in [0.05, 0.1) is 6.61 Å². The second-order valence-electron chi connectivity index (χ2n) is 3.93. The minimum Gasteiger partial charge on any atom is -0.434 e. The van der Waals surface area contributed by atoms with Crippen molar-refractivity contribution in [2.75, 3.05) is 13.2 Å². The fourth-order valence-corrected chi connectivity index (χ4v) is 1.50. The van der Waals surface area contributed by atoms with E-state index >= 15 is 0 Å². The summed E-state index contributed by atoms with van der Waals surface area (Å²) < 4.78 is 34.1. The summed E-state index contributed by atoms with van der Waals surface area (Å²) >= 11 is 0. The van der Waals surface area contributed by atoms with Crippen LogP contribution < -0.4 is 10.1 Å². The molecule has 0 heterocycles. The molecule has 0 aromatic heterocycles. The van der Waals surface area contributed by atoms with Crippen LogP contribution in [0.5, 0.6) is 5.75 Å². The van der Waals surface area contributed by atoms with Crippen LogP contribution in [0.15, 0.2) is 24.3 Å².